The van der Waals surface area contributed by atoms with Gasteiger partial charge in [-0.2, -0.15) is 0 Å². The molecular formula is C17H13NO5. The minimum atomic E-state index is -0.778. The van der Waals surface area contributed by atoms with Gasteiger partial charge in [-0.05, 0) is 24.3 Å². The molecule has 0 saturated heterocycles. The summed E-state index contributed by atoms with van der Waals surface area (Å²) in [6, 6.07) is 10.3. The van der Waals surface area contributed by atoms with Gasteiger partial charge in [0.2, 0.25) is 6.23 Å². The van der Waals surface area contributed by atoms with E-state index in [1.54, 1.807) is 36.4 Å². The molecule has 2 heterocycles. The van der Waals surface area contributed by atoms with E-state index in [9.17, 15) is 9.59 Å². The lowest BCUT2D eigenvalue weighted by Crippen LogP contribution is -2.40. The quantitative estimate of drug-likeness (QED) is 0.797. The second-order valence-electron chi connectivity index (χ2n) is 5.21. The lowest BCUT2D eigenvalue weighted by atomic mass is 10.1. The first kappa shape index (κ1) is 13.6. The summed E-state index contributed by atoms with van der Waals surface area (Å²) < 4.78 is 16.4. The van der Waals surface area contributed by atoms with Gasteiger partial charge in [-0.15, -0.1) is 0 Å². The van der Waals surface area contributed by atoms with Gasteiger partial charge in [0.25, 0.3) is 11.8 Å². The molecule has 6 heteroatoms. The van der Waals surface area contributed by atoms with E-state index in [0.29, 0.717) is 33.9 Å². The second kappa shape index (κ2) is 4.74. The van der Waals surface area contributed by atoms with Crippen LogP contribution in [0.1, 0.15) is 32.5 Å². The predicted octanol–water partition coefficient (Wildman–Crippen LogP) is 2.39. The molecular weight excluding hydrogens is 298 g/mol. The number of fused-ring (bicyclic) bond motifs is 4. The molecule has 0 N–H and O–H groups in total. The third-order valence-corrected chi connectivity index (χ3v) is 4.09. The van der Waals surface area contributed by atoms with E-state index in [0.717, 1.165) is 4.90 Å². The van der Waals surface area contributed by atoms with Crippen LogP contribution in [0.3, 0.4) is 0 Å². The van der Waals surface area contributed by atoms with Gasteiger partial charge in [-0.3, -0.25) is 9.59 Å². The zero-order chi connectivity index (χ0) is 16.1. The highest BCUT2D eigenvalue weighted by Crippen LogP contribution is 2.47. The van der Waals surface area contributed by atoms with Gasteiger partial charge in [0.05, 0.1) is 25.3 Å². The first-order valence-corrected chi connectivity index (χ1v) is 7.05. The highest BCUT2D eigenvalue weighted by Gasteiger charge is 2.48. The normalized spacial score (nSPS) is 18.0. The SMILES string of the molecule is COc1ccc2c(c1OC)C(=O)N1C(=O)c3ccccc3OC21. The van der Waals surface area contributed by atoms with Crippen molar-refractivity contribution in [2.75, 3.05) is 14.2 Å². The number of imide groups is 1. The lowest BCUT2D eigenvalue weighted by molar-refractivity contribution is 0.0184. The predicted molar refractivity (Wildman–Crippen MR) is 79.9 cm³/mol. The van der Waals surface area contributed by atoms with Crippen LogP contribution in [0.4, 0.5) is 0 Å². The van der Waals surface area contributed by atoms with Crippen molar-refractivity contribution < 1.29 is 23.8 Å². The molecule has 23 heavy (non-hydrogen) atoms. The van der Waals surface area contributed by atoms with E-state index < -0.39 is 12.1 Å². The third kappa shape index (κ3) is 1.69. The molecule has 0 aliphatic carbocycles. The standard InChI is InChI=1S/C17H13NO5/c1-21-12-8-7-10-13(14(12)22-2)16(20)18-15(19)9-5-3-4-6-11(9)23-17(10)18/h3-8,17H,1-2H3. The monoisotopic (exact) mass is 311 g/mol. The number of carbonyl (C=O) groups excluding carboxylic acids is 2. The van der Waals surface area contributed by atoms with Crippen molar-refractivity contribution in [3.63, 3.8) is 0 Å². The molecule has 0 bridgehead atoms. The zero-order valence-electron chi connectivity index (χ0n) is 12.5. The van der Waals surface area contributed by atoms with E-state index in [1.165, 1.54) is 14.2 Å². The number of hydrogen-bond donors (Lipinski definition) is 0. The fraction of sp³-hybridized carbons (Fsp3) is 0.176. The van der Waals surface area contributed by atoms with Gasteiger partial charge in [0, 0.05) is 5.56 Å². The fourth-order valence-electron chi connectivity index (χ4n) is 3.05. The Kier molecular flexibility index (Phi) is 2.81. The van der Waals surface area contributed by atoms with Gasteiger partial charge in [0.15, 0.2) is 11.5 Å². The summed E-state index contributed by atoms with van der Waals surface area (Å²) in [5.41, 5.74) is 1.27. The van der Waals surface area contributed by atoms with E-state index in [1.807, 2.05) is 0 Å². The van der Waals surface area contributed by atoms with Crippen LogP contribution in [0.2, 0.25) is 0 Å². The maximum atomic E-state index is 12.8. The van der Waals surface area contributed by atoms with Gasteiger partial charge in [0.1, 0.15) is 5.75 Å². The number of para-hydroxylation sites is 1. The van der Waals surface area contributed by atoms with Crippen LogP contribution in [0.25, 0.3) is 0 Å². The van der Waals surface area contributed by atoms with E-state index in [-0.39, 0.29) is 5.91 Å². The molecule has 6 nitrogen and oxygen atoms in total. The second-order valence-corrected chi connectivity index (χ2v) is 5.21. The van der Waals surface area contributed by atoms with Crippen molar-refractivity contribution in [1.29, 1.82) is 0 Å². The maximum Gasteiger partial charge on any atom is 0.268 e. The topological polar surface area (TPSA) is 65.1 Å². The van der Waals surface area contributed by atoms with Crippen molar-refractivity contribution in [1.82, 2.24) is 4.90 Å². The Morgan fingerprint density at radius 1 is 1.00 bits per heavy atom. The summed E-state index contributed by atoms with van der Waals surface area (Å²) >= 11 is 0. The first-order valence-electron chi connectivity index (χ1n) is 7.05. The zero-order valence-corrected chi connectivity index (χ0v) is 12.5. The summed E-state index contributed by atoms with van der Waals surface area (Å²) in [5, 5.41) is 0. The maximum absolute atomic E-state index is 12.8. The number of ether oxygens (including phenoxy) is 3. The Morgan fingerprint density at radius 3 is 2.52 bits per heavy atom. The highest BCUT2D eigenvalue weighted by molar-refractivity contribution is 6.16. The van der Waals surface area contributed by atoms with Crippen molar-refractivity contribution in [2.45, 2.75) is 6.23 Å². The number of hydrogen-bond acceptors (Lipinski definition) is 5. The molecule has 2 aromatic carbocycles. The molecule has 2 amide bonds. The summed E-state index contributed by atoms with van der Waals surface area (Å²) in [6.45, 7) is 0. The fourth-order valence-corrected chi connectivity index (χ4v) is 3.05. The Labute approximate surface area is 132 Å². The molecule has 2 aliphatic heterocycles. The van der Waals surface area contributed by atoms with Crippen LogP contribution < -0.4 is 14.2 Å². The van der Waals surface area contributed by atoms with Crippen LogP contribution in [0.5, 0.6) is 17.2 Å². The first-order chi connectivity index (χ1) is 11.2. The van der Waals surface area contributed by atoms with Gasteiger partial charge in [-0.1, -0.05) is 12.1 Å². The van der Waals surface area contributed by atoms with Crippen LogP contribution in [-0.4, -0.2) is 30.9 Å². The van der Waals surface area contributed by atoms with E-state index >= 15 is 0 Å². The average molecular weight is 311 g/mol. The Balaban J connectivity index is 1.91. The van der Waals surface area contributed by atoms with Crippen LogP contribution in [0.15, 0.2) is 36.4 Å². The smallest absolute Gasteiger partial charge is 0.268 e. The molecule has 0 spiro atoms. The summed E-state index contributed by atoms with van der Waals surface area (Å²) in [5.74, 6) is 0.391. The molecule has 0 radical (unpaired) electrons. The van der Waals surface area contributed by atoms with Crippen molar-refractivity contribution in [3.8, 4) is 17.2 Å². The molecule has 2 aromatic rings. The molecule has 0 aromatic heterocycles. The van der Waals surface area contributed by atoms with Crippen LogP contribution in [0, 0.1) is 0 Å². The van der Waals surface area contributed by atoms with Crippen LogP contribution in [-0.2, 0) is 0 Å². The van der Waals surface area contributed by atoms with E-state index in [4.69, 9.17) is 14.2 Å². The summed E-state index contributed by atoms with van der Waals surface area (Å²) in [4.78, 5) is 26.6. The van der Waals surface area contributed by atoms with Gasteiger partial charge in [-0.25, -0.2) is 4.90 Å². The summed E-state index contributed by atoms with van der Waals surface area (Å²) in [7, 11) is 2.95. The summed E-state index contributed by atoms with van der Waals surface area (Å²) in [6.07, 6.45) is -0.778. The molecule has 0 saturated carbocycles. The Hall–Kier alpha value is -3.02. The lowest BCUT2D eigenvalue weighted by Gasteiger charge is -2.30. The molecule has 1 unspecified atom stereocenters. The van der Waals surface area contributed by atoms with Crippen molar-refractivity contribution in [3.05, 3.63) is 53.1 Å². The highest BCUT2D eigenvalue weighted by atomic mass is 16.5. The number of benzene rings is 2. The van der Waals surface area contributed by atoms with Crippen molar-refractivity contribution >= 4 is 11.8 Å². The van der Waals surface area contributed by atoms with Crippen LogP contribution >= 0.6 is 0 Å². The molecule has 2 aliphatic rings. The Bertz CT molecular complexity index is 845. The number of amides is 2. The number of nitrogens with zero attached hydrogens (tertiary/aromatic N) is 1. The van der Waals surface area contributed by atoms with E-state index in [2.05, 4.69) is 0 Å². The minimum absolute atomic E-state index is 0.304. The molecule has 1 atom stereocenters. The van der Waals surface area contributed by atoms with Crippen molar-refractivity contribution in [2.24, 2.45) is 0 Å². The number of methoxy groups -OCH3 is 2. The Morgan fingerprint density at radius 2 is 1.78 bits per heavy atom. The average Bonchev–Trinajstić information content (AvgIpc) is 2.87. The number of rotatable bonds is 2. The molecule has 116 valence electrons. The van der Waals surface area contributed by atoms with Gasteiger partial charge < -0.3 is 14.2 Å². The third-order valence-electron chi connectivity index (χ3n) is 4.09. The molecule has 4 rings (SSSR count). The number of carbonyl (C=O) groups is 2. The molecule has 0 fully saturated rings. The van der Waals surface area contributed by atoms with Gasteiger partial charge >= 0.3 is 0 Å². The minimum Gasteiger partial charge on any atom is -0.493 e. The largest absolute Gasteiger partial charge is 0.493 e.